The quantitative estimate of drug-likeness (QED) is 0.328. The number of hydrogen-bond donors (Lipinski definition) is 2. The molecule has 0 radical (unpaired) electrons. The minimum atomic E-state index is -0.635. The van der Waals surface area contributed by atoms with Crippen LogP contribution >= 0.6 is 11.3 Å². The zero-order valence-corrected chi connectivity index (χ0v) is 20.4. The number of benzene rings is 2. The second-order valence-electron chi connectivity index (χ2n) is 8.95. The molecule has 0 aliphatic heterocycles. The number of aromatic amines is 1. The van der Waals surface area contributed by atoms with Gasteiger partial charge in [-0.25, -0.2) is 4.98 Å². The smallest absolute Gasteiger partial charge is 0.260 e. The van der Waals surface area contributed by atoms with Gasteiger partial charge in [0.15, 0.2) is 0 Å². The van der Waals surface area contributed by atoms with E-state index in [2.05, 4.69) is 35.9 Å². The molecule has 2 heterocycles. The molecule has 4 aromatic rings. The molecule has 1 atom stereocenters. The Balaban J connectivity index is 1.55. The van der Waals surface area contributed by atoms with E-state index in [9.17, 15) is 9.90 Å². The van der Waals surface area contributed by atoms with Crippen molar-refractivity contribution in [1.29, 1.82) is 0 Å². The fraction of sp³-hybridized carbons (Fsp3) is 0.333. The van der Waals surface area contributed by atoms with Crippen molar-refractivity contribution in [3.63, 3.8) is 0 Å². The summed E-state index contributed by atoms with van der Waals surface area (Å²) in [6, 6.07) is 20.0. The molecule has 2 aromatic heterocycles. The largest absolute Gasteiger partial charge is 0.389 e. The third kappa shape index (κ3) is 6.39. The highest BCUT2D eigenvalue weighted by atomic mass is 32.1. The van der Waals surface area contributed by atoms with Crippen LogP contribution in [0.4, 0.5) is 0 Å². The van der Waals surface area contributed by atoms with Crippen molar-refractivity contribution in [1.82, 2.24) is 14.9 Å². The molecule has 4 rings (SSSR count). The summed E-state index contributed by atoms with van der Waals surface area (Å²) in [6.45, 7) is 6.51. The van der Waals surface area contributed by atoms with E-state index in [1.54, 1.807) is 0 Å². The highest BCUT2D eigenvalue weighted by molar-refractivity contribution is 7.17. The number of ether oxygens (including phenoxy) is 1. The van der Waals surface area contributed by atoms with Crippen LogP contribution in [0, 0.1) is 5.92 Å². The van der Waals surface area contributed by atoms with Crippen molar-refractivity contribution >= 4 is 21.6 Å². The molecule has 0 fully saturated rings. The first-order chi connectivity index (χ1) is 16.5. The summed E-state index contributed by atoms with van der Waals surface area (Å²) in [5.74, 6) is 1.00. The molecule has 0 saturated heterocycles. The van der Waals surface area contributed by atoms with Crippen molar-refractivity contribution in [3.8, 4) is 11.1 Å². The number of hydrogen-bond acceptors (Lipinski definition) is 6. The highest BCUT2D eigenvalue weighted by Gasteiger charge is 2.17. The molecule has 178 valence electrons. The van der Waals surface area contributed by atoms with Crippen LogP contribution in [-0.2, 0) is 17.8 Å². The van der Waals surface area contributed by atoms with E-state index < -0.39 is 6.10 Å². The van der Waals surface area contributed by atoms with Gasteiger partial charge in [0.05, 0.1) is 24.6 Å². The summed E-state index contributed by atoms with van der Waals surface area (Å²) < 4.78 is 5.63. The third-order valence-corrected chi connectivity index (χ3v) is 6.30. The molecule has 1 unspecified atom stereocenters. The Morgan fingerprint density at radius 3 is 2.44 bits per heavy atom. The molecule has 0 aliphatic carbocycles. The Kier molecular flexibility index (Phi) is 8.24. The van der Waals surface area contributed by atoms with Gasteiger partial charge in [0, 0.05) is 30.6 Å². The lowest BCUT2D eigenvalue weighted by Crippen LogP contribution is -2.35. The second-order valence-corrected chi connectivity index (χ2v) is 9.81. The van der Waals surface area contributed by atoms with E-state index in [0.29, 0.717) is 43.4 Å². The van der Waals surface area contributed by atoms with Gasteiger partial charge >= 0.3 is 0 Å². The van der Waals surface area contributed by atoms with Crippen molar-refractivity contribution in [2.75, 3.05) is 19.8 Å². The number of fused-ring (bicyclic) bond motifs is 1. The Morgan fingerprint density at radius 2 is 1.74 bits per heavy atom. The first-order valence-corrected chi connectivity index (χ1v) is 12.5. The first kappa shape index (κ1) is 24.3. The zero-order valence-electron chi connectivity index (χ0n) is 19.6. The molecule has 0 amide bonds. The van der Waals surface area contributed by atoms with E-state index in [0.717, 1.165) is 21.5 Å². The van der Waals surface area contributed by atoms with E-state index in [4.69, 9.17) is 9.72 Å². The first-order valence-electron chi connectivity index (χ1n) is 11.6. The van der Waals surface area contributed by atoms with Crippen molar-refractivity contribution < 1.29 is 9.84 Å². The SMILES string of the molecule is CC(C)COCC(O)CN(Cc1ccccc1)Cc1nc2scc(-c3ccccc3)c2c(=O)[nH]1. The van der Waals surface area contributed by atoms with Crippen LogP contribution in [0.2, 0.25) is 0 Å². The van der Waals surface area contributed by atoms with Crippen molar-refractivity contribution in [2.45, 2.75) is 33.0 Å². The standard InChI is InChI=1S/C27H31N3O3S/c1-19(2)16-33-17-22(31)14-30(13-20-9-5-3-6-10-20)15-24-28-26(32)25-23(18-34-27(25)29-24)21-11-7-4-8-12-21/h3-12,18-19,22,31H,13-17H2,1-2H3,(H,28,29,32). The number of aliphatic hydroxyl groups is 1. The van der Waals surface area contributed by atoms with Crippen LogP contribution in [0.15, 0.2) is 70.8 Å². The van der Waals surface area contributed by atoms with Gasteiger partial charge in [0.1, 0.15) is 10.7 Å². The van der Waals surface area contributed by atoms with Gasteiger partial charge in [-0.15, -0.1) is 11.3 Å². The Morgan fingerprint density at radius 1 is 1.03 bits per heavy atom. The number of aromatic nitrogens is 2. The maximum absolute atomic E-state index is 13.0. The van der Waals surface area contributed by atoms with Crippen LogP contribution in [0.25, 0.3) is 21.3 Å². The Hall–Kier alpha value is -2.84. The van der Waals surface area contributed by atoms with Gasteiger partial charge in [-0.2, -0.15) is 0 Å². The maximum atomic E-state index is 13.0. The number of rotatable bonds is 11. The third-order valence-electron chi connectivity index (χ3n) is 5.43. The predicted octanol–water partition coefficient (Wildman–Crippen LogP) is 4.69. The van der Waals surface area contributed by atoms with E-state index in [-0.39, 0.29) is 12.2 Å². The number of aliphatic hydroxyl groups excluding tert-OH is 1. The summed E-state index contributed by atoms with van der Waals surface area (Å²) in [4.78, 5) is 23.6. The lowest BCUT2D eigenvalue weighted by molar-refractivity contribution is 0.00517. The minimum absolute atomic E-state index is 0.138. The van der Waals surface area contributed by atoms with Crippen LogP contribution in [-0.4, -0.2) is 45.8 Å². The molecule has 0 spiro atoms. The highest BCUT2D eigenvalue weighted by Crippen LogP contribution is 2.30. The average Bonchev–Trinajstić information content (AvgIpc) is 3.24. The van der Waals surface area contributed by atoms with Crippen LogP contribution in [0.5, 0.6) is 0 Å². The number of thiophene rings is 1. The fourth-order valence-electron chi connectivity index (χ4n) is 3.93. The normalized spacial score (nSPS) is 12.6. The molecular weight excluding hydrogens is 446 g/mol. The number of H-pyrrole nitrogens is 1. The van der Waals surface area contributed by atoms with Crippen LogP contribution in [0.3, 0.4) is 0 Å². The molecular formula is C27H31N3O3S. The summed E-state index contributed by atoms with van der Waals surface area (Å²) in [6.07, 6.45) is -0.635. The van der Waals surface area contributed by atoms with E-state index in [1.807, 2.05) is 53.9 Å². The molecule has 2 N–H and O–H groups in total. The second kappa shape index (κ2) is 11.5. The fourth-order valence-corrected chi connectivity index (χ4v) is 4.89. The van der Waals surface area contributed by atoms with Gasteiger partial charge in [-0.05, 0) is 17.0 Å². The maximum Gasteiger partial charge on any atom is 0.260 e. The molecule has 2 aromatic carbocycles. The Labute approximate surface area is 203 Å². The molecule has 0 bridgehead atoms. The van der Waals surface area contributed by atoms with E-state index >= 15 is 0 Å². The lowest BCUT2D eigenvalue weighted by atomic mass is 10.1. The molecule has 6 nitrogen and oxygen atoms in total. The predicted molar refractivity (Wildman–Crippen MR) is 138 cm³/mol. The summed E-state index contributed by atoms with van der Waals surface area (Å²) in [5.41, 5.74) is 2.90. The molecule has 0 saturated carbocycles. The van der Waals surface area contributed by atoms with E-state index in [1.165, 1.54) is 11.3 Å². The summed E-state index contributed by atoms with van der Waals surface area (Å²) >= 11 is 1.48. The van der Waals surface area contributed by atoms with Gasteiger partial charge in [0.25, 0.3) is 5.56 Å². The monoisotopic (exact) mass is 477 g/mol. The average molecular weight is 478 g/mol. The van der Waals surface area contributed by atoms with Gasteiger partial charge < -0.3 is 14.8 Å². The van der Waals surface area contributed by atoms with Gasteiger partial charge in [-0.3, -0.25) is 9.69 Å². The van der Waals surface area contributed by atoms with Crippen LogP contribution < -0.4 is 5.56 Å². The summed E-state index contributed by atoms with van der Waals surface area (Å²) in [7, 11) is 0. The van der Waals surface area contributed by atoms with Gasteiger partial charge in [-0.1, -0.05) is 74.5 Å². The molecule has 34 heavy (non-hydrogen) atoms. The molecule has 0 aliphatic rings. The topological polar surface area (TPSA) is 78.5 Å². The zero-order chi connectivity index (χ0) is 23.9. The Bertz CT molecular complexity index is 1240. The number of nitrogens with zero attached hydrogens (tertiary/aromatic N) is 2. The van der Waals surface area contributed by atoms with Crippen molar-refractivity contribution in [2.24, 2.45) is 5.92 Å². The summed E-state index contributed by atoms with van der Waals surface area (Å²) in [5, 5.41) is 13.2. The number of nitrogens with one attached hydrogen (secondary N) is 1. The lowest BCUT2D eigenvalue weighted by Gasteiger charge is -2.25. The van der Waals surface area contributed by atoms with Gasteiger partial charge in [0.2, 0.25) is 0 Å². The minimum Gasteiger partial charge on any atom is -0.389 e. The van der Waals surface area contributed by atoms with Crippen LogP contribution in [0.1, 0.15) is 25.2 Å². The van der Waals surface area contributed by atoms with Crippen molar-refractivity contribution in [3.05, 3.63) is 87.8 Å². The molecule has 7 heteroatoms.